The Kier molecular flexibility index (Phi) is 1.54. The fourth-order valence-corrected chi connectivity index (χ4v) is 1.81. The smallest absolute Gasteiger partial charge is 0.183 e. The van der Waals surface area contributed by atoms with Gasteiger partial charge in [-0.15, -0.1) is 6.42 Å². The van der Waals surface area contributed by atoms with Crippen molar-refractivity contribution in [3.05, 3.63) is 42.2 Å². The molecular weight excluding hydrogens is 184 g/mol. The Morgan fingerprint density at radius 2 is 2.00 bits per heavy atom. The molecule has 0 aliphatic rings. The van der Waals surface area contributed by atoms with Crippen LogP contribution < -0.4 is 0 Å². The van der Waals surface area contributed by atoms with Gasteiger partial charge in [-0.05, 0) is 17.4 Å². The molecule has 70 valence electrons. The number of nitrogens with one attached hydrogen (secondary N) is 1. The number of benzene rings is 2. The van der Waals surface area contributed by atoms with Crippen molar-refractivity contribution in [3.8, 4) is 12.3 Å². The molecule has 2 heteroatoms. The van der Waals surface area contributed by atoms with Crippen LogP contribution in [0.25, 0.3) is 21.8 Å². The van der Waals surface area contributed by atoms with Gasteiger partial charge in [0.2, 0.25) is 0 Å². The zero-order valence-electron chi connectivity index (χ0n) is 7.99. The molecule has 0 amide bonds. The Bertz CT molecular complexity index is 686. The molecule has 1 heterocycles. The van der Waals surface area contributed by atoms with Gasteiger partial charge >= 0.3 is 0 Å². The van der Waals surface area contributed by atoms with Gasteiger partial charge in [-0.2, -0.15) is 0 Å². The van der Waals surface area contributed by atoms with Gasteiger partial charge in [-0.25, -0.2) is 4.98 Å². The molecule has 0 saturated carbocycles. The van der Waals surface area contributed by atoms with E-state index in [1.54, 1.807) is 0 Å². The van der Waals surface area contributed by atoms with Crippen LogP contribution in [0, 0.1) is 12.3 Å². The minimum atomic E-state index is 0.585. The monoisotopic (exact) mass is 192 g/mol. The zero-order chi connectivity index (χ0) is 10.3. The minimum absolute atomic E-state index is 0.585. The summed E-state index contributed by atoms with van der Waals surface area (Å²) in [6.45, 7) is 0. The maximum absolute atomic E-state index is 5.31. The maximum Gasteiger partial charge on any atom is 0.183 e. The van der Waals surface area contributed by atoms with Gasteiger partial charge in [0.15, 0.2) is 5.82 Å². The summed E-state index contributed by atoms with van der Waals surface area (Å²) in [5.74, 6) is 3.10. The van der Waals surface area contributed by atoms with Crippen molar-refractivity contribution in [2.45, 2.75) is 0 Å². The first kappa shape index (κ1) is 8.07. The lowest BCUT2D eigenvalue weighted by Gasteiger charge is -1.96. The van der Waals surface area contributed by atoms with Crippen LogP contribution >= 0.6 is 0 Å². The van der Waals surface area contributed by atoms with Crippen molar-refractivity contribution in [1.29, 1.82) is 0 Å². The third-order valence-corrected chi connectivity index (χ3v) is 2.51. The molecule has 0 spiro atoms. The predicted molar refractivity (Wildman–Crippen MR) is 61.5 cm³/mol. The first-order chi connectivity index (χ1) is 7.38. The number of rotatable bonds is 0. The summed E-state index contributed by atoms with van der Waals surface area (Å²) < 4.78 is 0. The van der Waals surface area contributed by atoms with Gasteiger partial charge in [-0.1, -0.05) is 30.3 Å². The lowest BCUT2D eigenvalue weighted by atomic mass is 10.1. The van der Waals surface area contributed by atoms with Crippen LogP contribution in [0.15, 0.2) is 36.4 Å². The van der Waals surface area contributed by atoms with E-state index >= 15 is 0 Å². The van der Waals surface area contributed by atoms with Crippen molar-refractivity contribution in [2.75, 3.05) is 0 Å². The average molecular weight is 192 g/mol. The van der Waals surface area contributed by atoms with Crippen molar-refractivity contribution < 1.29 is 0 Å². The van der Waals surface area contributed by atoms with E-state index in [1.165, 1.54) is 5.39 Å². The fraction of sp³-hybridized carbons (Fsp3) is 0. The minimum Gasteiger partial charge on any atom is -0.331 e. The van der Waals surface area contributed by atoms with E-state index in [0.29, 0.717) is 5.82 Å². The molecule has 2 aromatic carbocycles. The lowest BCUT2D eigenvalue weighted by Crippen LogP contribution is -1.75. The van der Waals surface area contributed by atoms with Gasteiger partial charge in [0, 0.05) is 5.39 Å². The fourth-order valence-electron chi connectivity index (χ4n) is 1.81. The summed E-state index contributed by atoms with van der Waals surface area (Å²) in [5.41, 5.74) is 1.93. The molecular formula is C13H8N2. The average Bonchev–Trinajstić information content (AvgIpc) is 2.72. The lowest BCUT2D eigenvalue weighted by molar-refractivity contribution is 1.28. The van der Waals surface area contributed by atoms with Crippen molar-refractivity contribution >= 4 is 21.8 Å². The summed E-state index contributed by atoms with van der Waals surface area (Å²) in [7, 11) is 0. The number of hydrogen-bond acceptors (Lipinski definition) is 1. The van der Waals surface area contributed by atoms with Crippen LogP contribution in [-0.4, -0.2) is 9.97 Å². The first-order valence-corrected chi connectivity index (χ1v) is 4.72. The third kappa shape index (κ3) is 1.10. The van der Waals surface area contributed by atoms with E-state index in [-0.39, 0.29) is 0 Å². The Hall–Kier alpha value is -2.27. The molecule has 0 radical (unpaired) electrons. The van der Waals surface area contributed by atoms with Crippen LogP contribution in [0.2, 0.25) is 0 Å². The highest BCUT2D eigenvalue weighted by Crippen LogP contribution is 2.22. The topological polar surface area (TPSA) is 28.7 Å². The number of aromatic nitrogens is 2. The van der Waals surface area contributed by atoms with E-state index in [1.807, 2.05) is 18.2 Å². The second-order valence-corrected chi connectivity index (χ2v) is 3.41. The third-order valence-electron chi connectivity index (χ3n) is 2.51. The molecule has 15 heavy (non-hydrogen) atoms. The Morgan fingerprint density at radius 3 is 2.87 bits per heavy atom. The van der Waals surface area contributed by atoms with Gasteiger partial charge < -0.3 is 4.98 Å². The van der Waals surface area contributed by atoms with Crippen molar-refractivity contribution in [2.24, 2.45) is 0 Å². The number of terminal acetylenes is 1. The number of hydrogen-bond donors (Lipinski definition) is 1. The molecule has 3 rings (SSSR count). The van der Waals surface area contributed by atoms with E-state index in [0.717, 1.165) is 16.4 Å². The summed E-state index contributed by atoms with van der Waals surface area (Å²) in [6, 6.07) is 12.2. The largest absolute Gasteiger partial charge is 0.331 e. The second kappa shape index (κ2) is 2.86. The van der Waals surface area contributed by atoms with Crippen LogP contribution in [0.4, 0.5) is 0 Å². The Balaban J connectivity index is 2.54. The molecule has 3 aromatic rings. The maximum atomic E-state index is 5.31. The standard InChI is InChI=1S/C13H8N2/c1-2-12-14-11-8-7-9-5-3-4-6-10(9)13(11)15-12/h1,3-8H,(H,14,15). The quantitative estimate of drug-likeness (QED) is 0.545. The van der Waals surface area contributed by atoms with Crippen molar-refractivity contribution in [3.63, 3.8) is 0 Å². The summed E-state index contributed by atoms with van der Waals surface area (Å²) in [5, 5.41) is 2.31. The van der Waals surface area contributed by atoms with Crippen molar-refractivity contribution in [1.82, 2.24) is 9.97 Å². The number of fused-ring (bicyclic) bond motifs is 3. The van der Waals surface area contributed by atoms with Crippen LogP contribution in [0.3, 0.4) is 0 Å². The molecule has 1 N–H and O–H groups in total. The first-order valence-electron chi connectivity index (χ1n) is 4.72. The molecule has 2 nitrogen and oxygen atoms in total. The van der Waals surface area contributed by atoms with Crippen LogP contribution in [0.5, 0.6) is 0 Å². The molecule has 0 aliphatic carbocycles. The van der Waals surface area contributed by atoms with Gasteiger partial charge in [0.25, 0.3) is 0 Å². The summed E-state index contributed by atoms with van der Waals surface area (Å²) >= 11 is 0. The summed E-state index contributed by atoms with van der Waals surface area (Å²) in [4.78, 5) is 7.46. The zero-order valence-corrected chi connectivity index (χ0v) is 7.99. The van der Waals surface area contributed by atoms with E-state index in [2.05, 4.69) is 34.1 Å². The number of nitrogens with zero attached hydrogens (tertiary/aromatic N) is 1. The number of imidazole rings is 1. The number of aromatic amines is 1. The molecule has 0 fully saturated rings. The molecule has 0 saturated heterocycles. The Labute approximate surface area is 87.0 Å². The molecule has 0 aliphatic heterocycles. The molecule has 0 unspecified atom stereocenters. The highest BCUT2D eigenvalue weighted by molar-refractivity contribution is 6.04. The van der Waals surface area contributed by atoms with Gasteiger partial charge in [-0.3, -0.25) is 0 Å². The van der Waals surface area contributed by atoms with E-state index < -0.39 is 0 Å². The molecule has 0 bridgehead atoms. The Morgan fingerprint density at radius 1 is 1.13 bits per heavy atom. The molecule has 0 atom stereocenters. The van der Waals surface area contributed by atoms with Crippen LogP contribution in [-0.2, 0) is 0 Å². The second-order valence-electron chi connectivity index (χ2n) is 3.41. The van der Waals surface area contributed by atoms with Crippen LogP contribution in [0.1, 0.15) is 5.82 Å². The number of H-pyrrole nitrogens is 1. The van der Waals surface area contributed by atoms with E-state index in [4.69, 9.17) is 6.42 Å². The van der Waals surface area contributed by atoms with Gasteiger partial charge in [0.05, 0.1) is 11.0 Å². The van der Waals surface area contributed by atoms with E-state index in [9.17, 15) is 0 Å². The normalized spacial score (nSPS) is 10.6. The molecule has 1 aromatic heterocycles. The highest BCUT2D eigenvalue weighted by Gasteiger charge is 2.04. The van der Waals surface area contributed by atoms with Gasteiger partial charge in [0.1, 0.15) is 0 Å². The predicted octanol–water partition coefficient (Wildman–Crippen LogP) is 2.70. The summed E-state index contributed by atoms with van der Waals surface area (Å²) in [6.07, 6.45) is 5.31. The SMILES string of the molecule is C#Cc1nc2c(ccc3ccccc32)[nH]1. The highest BCUT2D eigenvalue weighted by atomic mass is 14.9.